The number of esters is 1. The fourth-order valence-corrected chi connectivity index (χ4v) is 2.81. The van der Waals surface area contributed by atoms with E-state index in [0.717, 1.165) is 18.6 Å². The van der Waals surface area contributed by atoms with E-state index < -0.39 is 0 Å². The number of benzene rings is 1. The molecular formula is C14H14O2. The van der Waals surface area contributed by atoms with E-state index in [0.29, 0.717) is 5.92 Å². The van der Waals surface area contributed by atoms with Crippen molar-refractivity contribution in [1.82, 2.24) is 0 Å². The molecule has 1 fully saturated rings. The lowest BCUT2D eigenvalue weighted by molar-refractivity contribution is -0.140. The smallest absolute Gasteiger partial charge is 0.315 e. The number of allylic oxidation sites excluding steroid dienone is 2. The van der Waals surface area contributed by atoms with Crippen LogP contribution >= 0.6 is 0 Å². The summed E-state index contributed by atoms with van der Waals surface area (Å²) in [5.41, 5.74) is 2.58. The van der Waals surface area contributed by atoms with E-state index in [4.69, 9.17) is 4.74 Å². The number of ether oxygens (including phenoxy) is 1. The largest absolute Gasteiger partial charge is 0.426 e. The van der Waals surface area contributed by atoms with Crippen LogP contribution < -0.4 is 4.74 Å². The maximum absolute atomic E-state index is 11.9. The average molecular weight is 214 g/mol. The lowest BCUT2D eigenvalue weighted by atomic mass is 9.86. The predicted molar refractivity (Wildman–Crippen MR) is 61.3 cm³/mol. The van der Waals surface area contributed by atoms with E-state index >= 15 is 0 Å². The second-order valence-electron chi connectivity index (χ2n) is 4.53. The Kier molecular flexibility index (Phi) is 2.10. The van der Waals surface area contributed by atoms with E-state index in [2.05, 4.69) is 12.1 Å². The second kappa shape index (κ2) is 3.48. The number of rotatable bonds is 0. The summed E-state index contributed by atoms with van der Waals surface area (Å²) in [4.78, 5) is 11.9. The molecule has 1 aliphatic heterocycles. The maximum Gasteiger partial charge on any atom is 0.315 e. The highest BCUT2D eigenvalue weighted by Crippen LogP contribution is 2.48. The van der Waals surface area contributed by atoms with Gasteiger partial charge >= 0.3 is 5.97 Å². The zero-order valence-electron chi connectivity index (χ0n) is 9.27. The molecule has 1 heterocycles. The number of para-hydroxylation sites is 1. The van der Waals surface area contributed by atoms with E-state index in [1.54, 1.807) is 0 Å². The molecule has 1 aromatic rings. The van der Waals surface area contributed by atoms with Crippen molar-refractivity contribution in [2.75, 3.05) is 0 Å². The molecule has 0 aromatic heterocycles. The van der Waals surface area contributed by atoms with Gasteiger partial charge in [-0.1, -0.05) is 29.8 Å². The van der Waals surface area contributed by atoms with Crippen molar-refractivity contribution in [3.8, 4) is 5.75 Å². The molecule has 2 heteroatoms. The molecule has 2 unspecified atom stereocenters. The van der Waals surface area contributed by atoms with Crippen LogP contribution in [0, 0.1) is 5.92 Å². The molecule has 1 aromatic carbocycles. The van der Waals surface area contributed by atoms with Gasteiger partial charge in [0.15, 0.2) is 0 Å². The molecule has 1 aliphatic carbocycles. The first-order chi connectivity index (χ1) is 7.79. The monoisotopic (exact) mass is 214 g/mol. The zero-order valence-corrected chi connectivity index (χ0v) is 9.27. The summed E-state index contributed by atoms with van der Waals surface area (Å²) in [6.07, 6.45) is 4.01. The van der Waals surface area contributed by atoms with E-state index in [-0.39, 0.29) is 11.9 Å². The van der Waals surface area contributed by atoms with Crippen molar-refractivity contribution in [3.05, 3.63) is 41.5 Å². The Bertz CT molecular complexity index is 473. The molecule has 0 bridgehead atoms. The molecule has 82 valence electrons. The van der Waals surface area contributed by atoms with Crippen molar-refractivity contribution in [1.29, 1.82) is 0 Å². The van der Waals surface area contributed by atoms with Crippen LogP contribution in [0.4, 0.5) is 0 Å². The van der Waals surface area contributed by atoms with Crippen LogP contribution in [0.5, 0.6) is 5.75 Å². The van der Waals surface area contributed by atoms with E-state index in [9.17, 15) is 4.79 Å². The van der Waals surface area contributed by atoms with Gasteiger partial charge in [0.1, 0.15) is 5.75 Å². The van der Waals surface area contributed by atoms with Crippen molar-refractivity contribution >= 4 is 5.97 Å². The Hall–Kier alpha value is -1.57. The number of carbonyl (C=O) groups is 1. The number of carbonyl (C=O) groups excluding carboxylic acids is 1. The first-order valence-electron chi connectivity index (χ1n) is 5.74. The number of hydrogen-bond acceptors (Lipinski definition) is 2. The molecular weight excluding hydrogens is 200 g/mol. The molecule has 2 atom stereocenters. The lowest BCUT2D eigenvalue weighted by Crippen LogP contribution is -2.28. The summed E-state index contributed by atoms with van der Waals surface area (Å²) in [6.45, 7) is 2.05. The summed E-state index contributed by atoms with van der Waals surface area (Å²) in [5.74, 6) is 1.08. The third kappa shape index (κ3) is 1.29. The average Bonchev–Trinajstić information content (AvgIpc) is 2.74. The Morgan fingerprint density at radius 1 is 1.25 bits per heavy atom. The van der Waals surface area contributed by atoms with Gasteiger partial charge in [-0.05, 0) is 31.4 Å². The number of hydrogen-bond donors (Lipinski definition) is 0. The van der Waals surface area contributed by atoms with Gasteiger partial charge in [-0.3, -0.25) is 4.79 Å². The summed E-state index contributed by atoms with van der Waals surface area (Å²) in [6, 6.07) is 7.90. The lowest BCUT2D eigenvalue weighted by Gasteiger charge is -2.26. The summed E-state index contributed by atoms with van der Waals surface area (Å²) in [7, 11) is 0. The van der Waals surface area contributed by atoms with Crippen LogP contribution in [-0.2, 0) is 4.79 Å². The van der Waals surface area contributed by atoms with Gasteiger partial charge in [0.05, 0.1) is 5.92 Å². The van der Waals surface area contributed by atoms with Crippen LogP contribution in [0.1, 0.15) is 31.2 Å². The third-order valence-electron chi connectivity index (χ3n) is 3.69. The van der Waals surface area contributed by atoms with Gasteiger partial charge in [0.25, 0.3) is 0 Å². The highest BCUT2D eigenvalue weighted by molar-refractivity contribution is 5.80. The van der Waals surface area contributed by atoms with Crippen molar-refractivity contribution in [2.45, 2.75) is 25.7 Å². The van der Waals surface area contributed by atoms with Gasteiger partial charge < -0.3 is 4.74 Å². The van der Waals surface area contributed by atoms with E-state index in [1.807, 2.05) is 25.1 Å². The molecule has 2 aliphatic rings. The van der Waals surface area contributed by atoms with Gasteiger partial charge in [-0.2, -0.15) is 0 Å². The third-order valence-corrected chi connectivity index (χ3v) is 3.69. The van der Waals surface area contributed by atoms with E-state index in [1.165, 1.54) is 11.1 Å². The van der Waals surface area contributed by atoms with Crippen LogP contribution in [0.25, 0.3) is 0 Å². The van der Waals surface area contributed by atoms with Crippen LogP contribution in [0.15, 0.2) is 35.9 Å². The van der Waals surface area contributed by atoms with Crippen molar-refractivity contribution in [3.63, 3.8) is 0 Å². The minimum atomic E-state index is -0.0550. The standard InChI is InChI=1S/C14H14O2/c1-2-9-7-11-10-5-3-4-6-13(10)16-14(15)12(11)8-9/h2-6,11-12H,7-8H2,1H3/b9-2+. The van der Waals surface area contributed by atoms with Gasteiger partial charge in [-0.15, -0.1) is 0 Å². The number of fused-ring (bicyclic) bond motifs is 3. The fraction of sp³-hybridized carbons (Fsp3) is 0.357. The minimum absolute atomic E-state index is 0.0427. The zero-order chi connectivity index (χ0) is 11.1. The Morgan fingerprint density at radius 3 is 2.81 bits per heavy atom. The van der Waals surface area contributed by atoms with Gasteiger partial charge in [-0.25, -0.2) is 0 Å². The summed E-state index contributed by atoms with van der Waals surface area (Å²) < 4.78 is 5.37. The minimum Gasteiger partial charge on any atom is -0.426 e. The normalized spacial score (nSPS) is 29.8. The Balaban J connectivity index is 2.07. The topological polar surface area (TPSA) is 26.3 Å². The molecule has 2 nitrogen and oxygen atoms in total. The van der Waals surface area contributed by atoms with Crippen LogP contribution in [0.3, 0.4) is 0 Å². The van der Waals surface area contributed by atoms with Crippen molar-refractivity contribution in [2.24, 2.45) is 5.92 Å². The molecule has 0 amide bonds. The molecule has 3 rings (SSSR count). The molecule has 0 saturated heterocycles. The summed E-state index contributed by atoms with van der Waals surface area (Å²) >= 11 is 0. The van der Waals surface area contributed by atoms with Crippen molar-refractivity contribution < 1.29 is 9.53 Å². The van der Waals surface area contributed by atoms with Crippen LogP contribution in [0.2, 0.25) is 0 Å². The second-order valence-corrected chi connectivity index (χ2v) is 4.53. The fourth-order valence-electron chi connectivity index (χ4n) is 2.81. The first-order valence-corrected chi connectivity index (χ1v) is 5.74. The first kappa shape index (κ1) is 9.64. The SMILES string of the molecule is C/C=C1/CC2C(=O)Oc3ccccc3C2C1. The predicted octanol–water partition coefficient (Wildman–Crippen LogP) is 3.05. The summed E-state index contributed by atoms with van der Waals surface area (Å²) in [5, 5.41) is 0. The quantitative estimate of drug-likeness (QED) is 0.377. The Labute approximate surface area is 94.9 Å². The molecule has 0 N–H and O–H groups in total. The van der Waals surface area contributed by atoms with Crippen LogP contribution in [-0.4, -0.2) is 5.97 Å². The molecule has 1 saturated carbocycles. The van der Waals surface area contributed by atoms with Gasteiger partial charge in [0, 0.05) is 5.92 Å². The molecule has 0 radical (unpaired) electrons. The molecule has 16 heavy (non-hydrogen) atoms. The molecule has 0 spiro atoms. The Morgan fingerprint density at radius 2 is 2.00 bits per heavy atom. The van der Waals surface area contributed by atoms with Gasteiger partial charge in [0.2, 0.25) is 0 Å². The highest BCUT2D eigenvalue weighted by Gasteiger charge is 2.42. The highest BCUT2D eigenvalue weighted by atomic mass is 16.5. The maximum atomic E-state index is 11.9.